The highest BCUT2D eigenvalue weighted by Gasteiger charge is 1.93. The molecule has 0 heterocycles. The largest absolute Gasteiger partial charge is 0.355 e. The third-order valence-electron chi connectivity index (χ3n) is 1.83. The fourth-order valence-corrected chi connectivity index (χ4v) is 1.29. The maximum Gasteiger partial charge on any atom is 0.0464 e. The highest BCUT2D eigenvalue weighted by atomic mass is 35.5. The first-order valence-electron chi connectivity index (χ1n) is 4.34. The van der Waals surface area contributed by atoms with E-state index in [1.54, 1.807) is 0 Å². The van der Waals surface area contributed by atoms with Gasteiger partial charge in [0.25, 0.3) is 0 Å². The molecule has 1 radical (unpaired) electrons. The topological polar surface area (TPSA) is 12.0 Å². The lowest BCUT2D eigenvalue weighted by Gasteiger charge is -2.04. The van der Waals surface area contributed by atoms with Gasteiger partial charge in [0, 0.05) is 22.5 Å². The molecular formula is C12H9ClN. The number of hydrogen-bond acceptors (Lipinski definition) is 1. The summed E-state index contributed by atoms with van der Waals surface area (Å²) in [4.78, 5) is 0. The normalized spacial score (nSPS) is 9.79. The first-order valence-corrected chi connectivity index (χ1v) is 4.72. The second-order valence-corrected chi connectivity index (χ2v) is 3.34. The summed E-state index contributed by atoms with van der Waals surface area (Å²) in [6.07, 6.45) is 0. The molecule has 69 valence electrons. The minimum Gasteiger partial charge on any atom is -0.355 e. The van der Waals surface area contributed by atoms with Gasteiger partial charge in [-0.25, -0.2) is 0 Å². The van der Waals surface area contributed by atoms with Crippen molar-refractivity contribution in [1.82, 2.24) is 0 Å². The van der Waals surface area contributed by atoms with E-state index in [-0.39, 0.29) is 0 Å². The summed E-state index contributed by atoms with van der Waals surface area (Å²) < 4.78 is 0. The van der Waals surface area contributed by atoms with E-state index in [4.69, 9.17) is 11.6 Å². The number of rotatable bonds is 2. The van der Waals surface area contributed by atoms with E-state index in [1.165, 1.54) is 0 Å². The maximum absolute atomic E-state index is 5.78. The number of benzene rings is 2. The van der Waals surface area contributed by atoms with Gasteiger partial charge in [0.1, 0.15) is 0 Å². The van der Waals surface area contributed by atoms with Crippen LogP contribution in [-0.2, 0) is 0 Å². The first-order chi connectivity index (χ1) is 6.84. The third-order valence-corrected chi connectivity index (χ3v) is 2.08. The third kappa shape index (κ3) is 2.27. The zero-order valence-corrected chi connectivity index (χ0v) is 8.25. The summed E-state index contributed by atoms with van der Waals surface area (Å²) >= 11 is 5.78. The van der Waals surface area contributed by atoms with Crippen molar-refractivity contribution >= 4 is 23.0 Å². The smallest absolute Gasteiger partial charge is 0.0464 e. The Morgan fingerprint density at radius 1 is 1.00 bits per heavy atom. The Bertz CT molecular complexity index is 394. The van der Waals surface area contributed by atoms with Gasteiger partial charge in [0.15, 0.2) is 0 Å². The van der Waals surface area contributed by atoms with Crippen molar-refractivity contribution in [2.24, 2.45) is 0 Å². The molecule has 0 aliphatic rings. The lowest BCUT2D eigenvalue weighted by molar-refractivity contribution is 1.54. The van der Waals surface area contributed by atoms with E-state index in [0.717, 1.165) is 16.4 Å². The molecule has 2 aromatic carbocycles. The van der Waals surface area contributed by atoms with Crippen molar-refractivity contribution in [1.29, 1.82) is 0 Å². The molecule has 0 spiro atoms. The van der Waals surface area contributed by atoms with Crippen molar-refractivity contribution in [2.75, 3.05) is 5.32 Å². The van der Waals surface area contributed by atoms with Crippen LogP contribution in [0.5, 0.6) is 0 Å². The molecule has 0 atom stereocenters. The molecule has 0 amide bonds. The predicted octanol–water partition coefficient (Wildman–Crippen LogP) is 3.88. The van der Waals surface area contributed by atoms with Crippen LogP contribution in [0.4, 0.5) is 11.4 Å². The van der Waals surface area contributed by atoms with Crippen molar-refractivity contribution < 1.29 is 0 Å². The maximum atomic E-state index is 5.78. The Hall–Kier alpha value is -1.47. The molecular weight excluding hydrogens is 194 g/mol. The van der Waals surface area contributed by atoms with Gasteiger partial charge in [-0.2, -0.15) is 0 Å². The van der Waals surface area contributed by atoms with E-state index < -0.39 is 0 Å². The minimum absolute atomic E-state index is 0.743. The fraction of sp³-hybridized carbons (Fsp3) is 0. The number of halogens is 1. The van der Waals surface area contributed by atoms with Crippen LogP contribution in [0.3, 0.4) is 0 Å². The van der Waals surface area contributed by atoms with Gasteiger partial charge in [-0.1, -0.05) is 29.8 Å². The molecule has 0 bridgehead atoms. The molecule has 14 heavy (non-hydrogen) atoms. The van der Waals surface area contributed by atoms with Crippen molar-refractivity contribution in [3.8, 4) is 0 Å². The molecule has 2 heteroatoms. The van der Waals surface area contributed by atoms with Crippen LogP contribution in [0.15, 0.2) is 48.5 Å². The average Bonchev–Trinajstić information content (AvgIpc) is 2.23. The predicted molar refractivity (Wildman–Crippen MR) is 60.0 cm³/mol. The van der Waals surface area contributed by atoms with Crippen molar-refractivity contribution in [3.05, 3.63) is 59.6 Å². The lowest BCUT2D eigenvalue weighted by atomic mass is 10.3. The Balaban J connectivity index is 2.16. The Morgan fingerprint density at radius 3 is 2.43 bits per heavy atom. The summed E-state index contributed by atoms with van der Waals surface area (Å²) in [6, 6.07) is 18.4. The molecule has 0 unspecified atom stereocenters. The fourth-order valence-electron chi connectivity index (χ4n) is 1.16. The Kier molecular flexibility index (Phi) is 2.70. The molecule has 0 aromatic heterocycles. The van der Waals surface area contributed by atoms with E-state index in [9.17, 15) is 0 Å². The first kappa shape index (κ1) is 9.10. The summed E-state index contributed by atoms with van der Waals surface area (Å²) in [5.74, 6) is 0. The second-order valence-electron chi connectivity index (χ2n) is 2.91. The van der Waals surface area contributed by atoms with Crippen LogP contribution in [-0.4, -0.2) is 0 Å². The summed E-state index contributed by atoms with van der Waals surface area (Å²) in [5.41, 5.74) is 1.96. The van der Waals surface area contributed by atoms with E-state index in [2.05, 4.69) is 11.4 Å². The van der Waals surface area contributed by atoms with Crippen LogP contribution < -0.4 is 5.32 Å². The summed E-state index contributed by atoms with van der Waals surface area (Å²) in [6.45, 7) is 0. The average molecular weight is 203 g/mol. The molecule has 1 nitrogen and oxygen atoms in total. The molecule has 2 aromatic rings. The number of nitrogens with one attached hydrogen (secondary N) is 1. The Morgan fingerprint density at radius 2 is 1.79 bits per heavy atom. The van der Waals surface area contributed by atoms with Crippen LogP contribution in [0, 0.1) is 6.07 Å². The number of anilines is 2. The van der Waals surface area contributed by atoms with Gasteiger partial charge < -0.3 is 5.32 Å². The van der Waals surface area contributed by atoms with E-state index >= 15 is 0 Å². The molecule has 0 fully saturated rings. The van der Waals surface area contributed by atoms with Gasteiger partial charge in [-0.3, -0.25) is 0 Å². The van der Waals surface area contributed by atoms with Gasteiger partial charge in [-0.15, -0.1) is 0 Å². The van der Waals surface area contributed by atoms with E-state index in [0.29, 0.717) is 0 Å². The zero-order valence-electron chi connectivity index (χ0n) is 7.50. The minimum atomic E-state index is 0.743. The highest BCUT2D eigenvalue weighted by Crippen LogP contribution is 2.17. The Labute approximate surface area is 88.3 Å². The molecule has 2 rings (SSSR count). The van der Waals surface area contributed by atoms with Gasteiger partial charge in [-0.05, 0) is 30.3 Å². The van der Waals surface area contributed by atoms with Crippen LogP contribution in [0.1, 0.15) is 0 Å². The van der Waals surface area contributed by atoms with E-state index in [1.807, 2.05) is 48.5 Å². The summed E-state index contributed by atoms with van der Waals surface area (Å²) in [7, 11) is 0. The zero-order chi connectivity index (χ0) is 9.80. The quantitative estimate of drug-likeness (QED) is 0.779. The summed E-state index contributed by atoms with van der Waals surface area (Å²) in [5, 5.41) is 3.96. The number of hydrogen-bond donors (Lipinski definition) is 1. The molecule has 0 saturated heterocycles. The molecule has 0 aliphatic heterocycles. The standard InChI is InChI=1S/C12H9ClN/c13-10-6-8-12(9-7-10)14-11-4-2-1-3-5-11/h1-4,6-9,14H. The van der Waals surface area contributed by atoms with Crippen LogP contribution in [0.2, 0.25) is 5.02 Å². The highest BCUT2D eigenvalue weighted by molar-refractivity contribution is 6.30. The number of para-hydroxylation sites is 1. The molecule has 1 N–H and O–H groups in total. The second kappa shape index (κ2) is 4.16. The lowest BCUT2D eigenvalue weighted by Crippen LogP contribution is -1.88. The van der Waals surface area contributed by atoms with Crippen LogP contribution >= 0.6 is 11.6 Å². The molecule has 0 saturated carbocycles. The SMILES string of the molecule is Clc1ccc(Nc2[c]cccc2)cc1. The van der Waals surface area contributed by atoms with Gasteiger partial charge in [0.2, 0.25) is 0 Å². The van der Waals surface area contributed by atoms with Crippen molar-refractivity contribution in [2.45, 2.75) is 0 Å². The monoisotopic (exact) mass is 202 g/mol. The van der Waals surface area contributed by atoms with Gasteiger partial charge in [0.05, 0.1) is 0 Å². The molecule has 0 aliphatic carbocycles. The van der Waals surface area contributed by atoms with Crippen LogP contribution in [0.25, 0.3) is 0 Å². The van der Waals surface area contributed by atoms with Crippen molar-refractivity contribution in [3.63, 3.8) is 0 Å². The van der Waals surface area contributed by atoms with Gasteiger partial charge >= 0.3 is 0 Å².